The highest BCUT2D eigenvalue weighted by Crippen LogP contribution is 2.38. The summed E-state index contributed by atoms with van der Waals surface area (Å²) in [5, 5.41) is 0.544. The maximum absolute atomic E-state index is 11.8. The van der Waals surface area contributed by atoms with Crippen LogP contribution in [0.2, 0.25) is 5.02 Å². The zero-order chi connectivity index (χ0) is 19.6. The molecule has 2 heterocycles. The molecule has 0 fully saturated rings. The smallest absolute Gasteiger partial charge is 0.311 e. The Kier molecular flexibility index (Phi) is 5.82. The minimum Gasteiger partial charge on any atom is -0.493 e. The monoisotopic (exact) mass is 406 g/mol. The molecule has 0 N–H and O–H groups in total. The van der Waals surface area contributed by atoms with E-state index >= 15 is 0 Å². The molecule has 6 nitrogen and oxygen atoms in total. The molecule has 0 atom stereocenters. The third-order valence-electron chi connectivity index (χ3n) is 3.93. The van der Waals surface area contributed by atoms with Gasteiger partial charge in [0, 0.05) is 21.7 Å². The van der Waals surface area contributed by atoms with Gasteiger partial charge < -0.3 is 9.47 Å². The van der Waals surface area contributed by atoms with E-state index in [9.17, 15) is 9.59 Å². The van der Waals surface area contributed by atoms with Gasteiger partial charge in [0.15, 0.2) is 11.2 Å². The van der Waals surface area contributed by atoms with E-state index in [1.54, 1.807) is 23.6 Å². The van der Waals surface area contributed by atoms with Gasteiger partial charge in [0.2, 0.25) is 0 Å². The van der Waals surface area contributed by atoms with Crippen molar-refractivity contribution in [2.45, 2.75) is 27.2 Å². The van der Waals surface area contributed by atoms with Crippen molar-refractivity contribution in [2.75, 3.05) is 13.2 Å². The number of esters is 1. The molecule has 3 aromatic rings. The van der Waals surface area contributed by atoms with E-state index < -0.39 is 0 Å². The number of hydrogen-bond donors (Lipinski definition) is 0. The third kappa shape index (κ3) is 3.84. The Hall–Kier alpha value is -2.38. The van der Waals surface area contributed by atoms with E-state index in [0.29, 0.717) is 45.9 Å². The van der Waals surface area contributed by atoms with Gasteiger partial charge in [-0.3, -0.25) is 14.0 Å². The number of rotatable bonds is 7. The third-order valence-corrected chi connectivity index (χ3v) is 5.13. The highest BCUT2D eigenvalue weighted by molar-refractivity contribution is 7.17. The maximum Gasteiger partial charge on any atom is 0.311 e. The highest BCUT2D eigenvalue weighted by atomic mass is 35.5. The number of aryl methyl sites for hydroxylation is 1. The Morgan fingerprint density at radius 1 is 1.33 bits per heavy atom. The van der Waals surface area contributed by atoms with E-state index in [1.165, 1.54) is 11.3 Å². The molecular formula is C19H19ClN2O4S. The van der Waals surface area contributed by atoms with Gasteiger partial charge in [-0.05, 0) is 38.5 Å². The van der Waals surface area contributed by atoms with E-state index in [1.807, 2.05) is 19.9 Å². The molecule has 27 heavy (non-hydrogen) atoms. The Morgan fingerprint density at radius 2 is 2.11 bits per heavy atom. The molecule has 0 saturated carbocycles. The summed E-state index contributed by atoms with van der Waals surface area (Å²) in [6.07, 6.45) is 2.65. The lowest BCUT2D eigenvalue weighted by Crippen LogP contribution is -2.06. The fourth-order valence-corrected chi connectivity index (χ4v) is 4.14. The molecule has 3 rings (SSSR count). The summed E-state index contributed by atoms with van der Waals surface area (Å²) < 4.78 is 12.4. The normalized spacial score (nSPS) is 11.0. The Balaban J connectivity index is 2.10. The van der Waals surface area contributed by atoms with Gasteiger partial charge in [0.05, 0.1) is 19.6 Å². The van der Waals surface area contributed by atoms with Gasteiger partial charge in [-0.2, -0.15) is 0 Å². The molecule has 142 valence electrons. The molecular weight excluding hydrogens is 388 g/mol. The molecule has 0 aliphatic heterocycles. The van der Waals surface area contributed by atoms with Crippen LogP contribution in [0.4, 0.5) is 0 Å². The second-order valence-corrected chi connectivity index (χ2v) is 7.36. The number of benzene rings is 1. The van der Waals surface area contributed by atoms with Gasteiger partial charge in [-0.25, -0.2) is 4.98 Å². The number of imidazole rings is 1. The molecule has 0 aliphatic rings. The average Bonchev–Trinajstić information content (AvgIpc) is 3.13. The zero-order valence-electron chi connectivity index (χ0n) is 15.2. The van der Waals surface area contributed by atoms with Gasteiger partial charge in [-0.1, -0.05) is 11.6 Å². The lowest BCUT2D eigenvalue weighted by Gasteiger charge is -2.13. The average molecular weight is 407 g/mol. The van der Waals surface area contributed by atoms with Gasteiger partial charge >= 0.3 is 5.97 Å². The van der Waals surface area contributed by atoms with E-state index in [2.05, 4.69) is 4.98 Å². The van der Waals surface area contributed by atoms with Crippen molar-refractivity contribution in [1.29, 1.82) is 0 Å². The molecule has 8 heteroatoms. The number of ether oxygens (including phenoxy) is 2. The van der Waals surface area contributed by atoms with Crippen molar-refractivity contribution in [2.24, 2.45) is 0 Å². The summed E-state index contributed by atoms with van der Waals surface area (Å²) in [5.41, 5.74) is 2.44. The minimum absolute atomic E-state index is 0.149. The zero-order valence-corrected chi connectivity index (χ0v) is 16.8. The molecule has 2 aromatic heterocycles. The van der Waals surface area contributed by atoms with Crippen molar-refractivity contribution in [1.82, 2.24) is 9.38 Å². The standard InChI is InChI=1S/C19H19ClN2O4S/c1-4-25-16(24)8-13-9-22-15(10-23)17(21-19(22)27-13)14-7-12(20)6-11(3)18(14)26-5-2/h6-7,9-10H,4-5,8H2,1-3H3. The van der Waals surface area contributed by atoms with Crippen molar-refractivity contribution in [3.8, 4) is 17.0 Å². The predicted octanol–water partition coefficient (Wildman–Crippen LogP) is 4.34. The van der Waals surface area contributed by atoms with Crippen LogP contribution < -0.4 is 4.74 Å². The fraction of sp³-hybridized carbons (Fsp3) is 0.316. The summed E-state index contributed by atoms with van der Waals surface area (Å²) in [5.74, 6) is 0.349. The molecule has 0 amide bonds. The summed E-state index contributed by atoms with van der Waals surface area (Å²) in [6, 6.07) is 3.56. The van der Waals surface area contributed by atoms with E-state index in [-0.39, 0.29) is 12.4 Å². The number of halogens is 1. The molecule has 0 unspecified atom stereocenters. The Labute approximate surface area is 165 Å². The van der Waals surface area contributed by atoms with Crippen molar-refractivity contribution in [3.63, 3.8) is 0 Å². The second-order valence-electron chi connectivity index (χ2n) is 5.83. The van der Waals surface area contributed by atoms with Crippen LogP contribution in [0.15, 0.2) is 18.3 Å². The van der Waals surface area contributed by atoms with Crippen LogP contribution in [0.5, 0.6) is 5.75 Å². The van der Waals surface area contributed by atoms with Crippen LogP contribution in [0.25, 0.3) is 16.2 Å². The number of carbonyl (C=O) groups is 2. The largest absolute Gasteiger partial charge is 0.493 e. The number of nitrogens with zero attached hydrogens (tertiary/aromatic N) is 2. The summed E-state index contributed by atoms with van der Waals surface area (Å²) in [4.78, 5) is 29.5. The SMILES string of the molecule is CCOC(=O)Cc1cn2c(C=O)c(-c3cc(Cl)cc(C)c3OCC)nc2s1. The molecule has 1 aromatic carbocycles. The van der Waals surface area contributed by atoms with E-state index in [4.69, 9.17) is 21.1 Å². The highest BCUT2D eigenvalue weighted by Gasteiger charge is 2.21. The van der Waals surface area contributed by atoms with Crippen LogP contribution in [-0.4, -0.2) is 34.9 Å². The van der Waals surface area contributed by atoms with Gasteiger partial charge in [0.25, 0.3) is 0 Å². The number of fused-ring (bicyclic) bond motifs is 1. The first-order valence-electron chi connectivity index (χ1n) is 8.53. The van der Waals surface area contributed by atoms with Crippen molar-refractivity contribution in [3.05, 3.63) is 39.5 Å². The first kappa shape index (κ1) is 19.4. The summed E-state index contributed by atoms with van der Waals surface area (Å²) >= 11 is 7.57. The van der Waals surface area contributed by atoms with Crippen LogP contribution >= 0.6 is 22.9 Å². The molecule has 0 saturated heterocycles. The molecule has 0 bridgehead atoms. The van der Waals surface area contributed by atoms with Crippen LogP contribution in [-0.2, 0) is 16.0 Å². The first-order valence-corrected chi connectivity index (χ1v) is 9.72. The summed E-state index contributed by atoms with van der Waals surface area (Å²) in [6.45, 7) is 6.37. The fourth-order valence-electron chi connectivity index (χ4n) is 2.90. The molecule has 0 spiro atoms. The van der Waals surface area contributed by atoms with Crippen LogP contribution in [0.3, 0.4) is 0 Å². The molecule has 0 aliphatic carbocycles. The van der Waals surface area contributed by atoms with Crippen LogP contribution in [0, 0.1) is 6.92 Å². The Morgan fingerprint density at radius 3 is 2.78 bits per heavy atom. The second kappa shape index (κ2) is 8.10. The lowest BCUT2D eigenvalue weighted by atomic mass is 10.1. The number of carbonyl (C=O) groups excluding carboxylic acids is 2. The number of hydrogen-bond acceptors (Lipinski definition) is 6. The lowest BCUT2D eigenvalue weighted by molar-refractivity contribution is -0.142. The van der Waals surface area contributed by atoms with Gasteiger partial charge in [0.1, 0.15) is 17.1 Å². The van der Waals surface area contributed by atoms with E-state index in [0.717, 1.165) is 16.7 Å². The van der Waals surface area contributed by atoms with Crippen molar-refractivity contribution >= 4 is 40.2 Å². The number of aldehydes is 1. The van der Waals surface area contributed by atoms with Crippen molar-refractivity contribution < 1.29 is 19.1 Å². The van der Waals surface area contributed by atoms with Gasteiger partial charge in [-0.15, -0.1) is 11.3 Å². The minimum atomic E-state index is -0.307. The Bertz CT molecular complexity index is 1010. The molecule has 0 radical (unpaired) electrons. The quantitative estimate of drug-likeness (QED) is 0.431. The summed E-state index contributed by atoms with van der Waals surface area (Å²) in [7, 11) is 0. The first-order chi connectivity index (χ1) is 13.0. The maximum atomic E-state index is 11.8. The number of thiazole rings is 1. The topological polar surface area (TPSA) is 69.9 Å². The van der Waals surface area contributed by atoms with Crippen LogP contribution in [0.1, 0.15) is 34.8 Å². The predicted molar refractivity (Wildman–Crippen MR) is 105 cm³/mol. The number of aromatic nitrogens is 2.